The summed E-state index contributed by atoms with van der Waals surface area (Å²) in [5.74, 6) is -0.504. The SMILES string of the molecule is O=C1CCCC(Sc2ccccc2)=C1C(=O)c1ccc2c(c1Cl)CCCS2(=O)=O. The summed E-state index contributed by atoms with van der Waals surface area (Å²) in [5.41, 5.74) is 0.884. The summed E-state index contributed by atoms with van der Waals surface area (Å²) in [6.45, 7) is 0. The Morgan fingerprint density at radius 1 is 0.966 bits per heavy atom. The number of fused-ring (bicyclic) bond motifs is 1. The fourth-order valence-electron chi connectivity index (χ4n) is 3.79. The minimum absolute atomic E-state index is 0.0884. The van der Waals surface area contributed by atoms with Crippen LogP contribution in [0.2, 0.25) is 5.02 Å². The molecule has 0 saturated heterocycles. The fourth-order valence-corrected chi connectivity index (χ4v) is 6.92. The number of ketones is 2. The quantitative estimate of drug-likeness (QED) is 0.486. The summed E-state index contributed by atoms with van der Waals surface area (Å²) in [6, 6.07) is 12.5. The van der Waals surface area contributed by atoms with E-state index in [1.54, 1.807) is 0 Å². The summed E-state index contributed by atoms with van der Waals surface area (Å²) in [7, 11) is -3.37. The van der Waals surface area contributed by atoms with Gasteiger partial charge in [0.15, 0.2) is 21.4 Å². The van der Waals surface area contributed by atoms with E-state index in [0.29, 0.717) is 37.7 Å². The van der Waals surface area contributed by atoms with Crippen LogP contribution >= 0.6 is 23.4 Å². The molecule has 0 spiro atoms. The molecule has 4 nitrogen and oxygen atoms in total. The monoisotopic (exact) mass is 446 g/mol. The Hall–Kier alpha value is -1.89. The highest BCUT2D eigenvalue weighted by molar-refractivity contribution is 8.03. The molecule has 0 N–H and O–H groups in total. The standard InChI is InChI=1S/C22H19ClO4S2/c23-21-15-8-5-13-29(26,27)19(15)12-11-16(21)22(25)20-17(24)9-4-10-18(20)28-14-6-2-1-3-7-14/h1-3,6-7,11-12H,4-5,8-10,13H2. The third-order valence-electron chi connectivity index (χ3n) is 5.20. The van der Waals surface area contributed by atoms with E-state index in [0.717, 1.165) is 9.80 Å². The topological polar surface area (TPSA) is 68.3 Å². The van der Waals surface area contributed by atoms with Crippen LogP contribution in [0.4, 0.5) is 0 Å². The summed E-state index contributed by atoms with van der Waals surface area (Å²) < 4.78 is 24.6. The van der Waals surface area contributed by atoms with Crippen molar-refractivity contribution < 1.29 is 18.0 Å². The maximum absolute atomic E-state index is 13.4. The predicted molar refractivity (Wildman–Crippen MR) is 114 cm³/mol. The summed E-state index contributed by atoms with van der Waals surface area (Å²) >= 11 is 7.93. The molecule has 2 aliphatic rings. The Morgan fingerprint density at radius 2 is 1.72 bits per heavy atom. The van der Waals surface area contributed by atoms with Crippen molar-refractivity contribution in [2.75, 3.05) is 5.75 Å². The van der Waals surface area contributed by atoms with Crippen LogP contribution in [-0.4, -0.2) is 25.7 Å². The average Bonchev–Trinajstić information content (AvgIpc) is 2.69. The Labute approximate surface area is 179 Å². The van der Waals surface area contributed by atoms with Crippen molar-refractivity contribution in [3.05, 3.63) is 69.1 Å². The first-order valence-corrected chi connectivity index (χ1v) is 12.3. The zero-order chi connectivity index (χ0) is 20.6. The number of Topliss-reactive ketones (excluding diaryl/α,β-unsaturated/α-hetero) is 2. The zero-order valence-corrected chi connectivity index (χ0v) is 18.0. The molecule has 2 aromatic rings. The fraction of sp³-hybridized carbons (Fsp3) is 0.273. The highest BCUT2D eigenvalue weighted by Crippen LogP contribution is 2.39. The highest BCUT2D eigenvalue weighted by atomic mass is 35.5. The van der Waals surface area contributed by atoms with Crippen LogP contribution in [0.5, 0.6) is 0 Å². The maximum atomic E-state index is 13.4. The van der Waals surface area contributed by atoms with Gasteiger partial charge in [-0.1, -0.05) is 41.6 Å². The lowest BCUT2D eigenvalue weighted by Crippen LogP contribution is -2.21. The maximum Gasteiger partial charge on any atom is 0.198 e. The molecular formula is C22H19ClO4S2. The van der Waals surface area contributed by atoms with E-state index in [2.05, 4.69) is 0 Å². The molecule has 0 unspecified atom stereocenters. The first-order chi connectivity index (χ1) is 13.9. The molecule has 1 aliphatic carbocycles. The molecule has 0 saturated carbocycles. The van der Waals surface area contributed by atoms with Crippen molar-refractivity contribution in [2.24, 2.45) is 0 Å². The van der Waals surface area contributed by atoms with Gasteiger partial charge in [0.1, 0.15) is 0 Å². The van der Waals surface area contributed by atoms with Gasteiger partial charge in [0.25, 0.3) is 0 Å². The number of rotatable bonds is 4. The van der Waals surface area contributed by atoms with Gasteiger partial charge in [-0.25, -0.2) is 8.42 Å². The normalized spacial score (nSPS) is 18.4. The van der Waals surface area contributed by atoms with E-state index in [9.17, 15) is 18.0 Å². The molecule has 7 heteroatoms. The van der Waals surface area contributed by atoms with Crippen LogP contribution in [0.3, 0.4) is 0 Å². The minimum Gasteiger partial charge on any atom is -0.294 e. The summed E-state index contributed by atoms with van der Waals surface area (Å²) in [5, 5.41) is 0.158. The Morgan fingerprint density at radius 3 is 2.48 bits per heavy atom. The van der Waals surface area contributed by atoms with Gasteiger partial charge in [0.2, 0.25) is 0 Å². The van der Waals surface area contributed by atoms with Crippen molar-refractivity contribution in [1.82, 2.24) is 0 Å². The van der Waals surface area contributed by atoms with Crippen LogP contribution in [0.1, 0.15) is 41.6 Å². The lowest BCUT2D eigenvalue weighted by atomic mass is 9.90. The van der Waals surface area contributed by atoms with Gasteiger partial charge in [-0.2, -0.15) is 0 Å². The predicted octanol–water partition coefficient (Wildman–Crippen LogP) is 5.04. The molecule has 4 rings (SSSR count). The van der Waals surface area contributed by atoms with E-state index >= 15 is 0 Å². The molecule has 0 bridgehead atoms. The Balaban J connectivity index is 1.78. The van der Waals surface area contributed by atoms with Gasteiger partial charge < -0.3 is 0 Å². The van der Waals surface area contributed by atoms with E-state index in [1.165, 1.54) is 23.9 Å². The van der Waals surface area contributed by atoms with Crippen molar-refractivity contribution in [2.45, 2.75) is 41.9 Å². The van der Waals surface area contributed by atoms with E-state index in [4.69, 9.17) is 11.6 Å². The average molecular weight is 447 g/mol. The lowest BCUT2D eigenvalue weighted by molar-refractivity contribution is -0.115. The molecule has 0 aromatic heterocycles. The molecule has 0 amide bonds. The zero-order valence-electron chi connectivity index (χ0n) is 15.6. The van der Waals surface area contributed by atoms with E-state index < -0.39 is 15.6 Å². The number of allylic oxidation sites excluding steroid dienone is 2. The van der Waals surface area contributed by atoms with Crippen molar-refractivity contribution >= 4 is 44.8 Å². The summed E-state index contributed by atoms with van der Waals surface area (Å²) in [6.07, 6.45) is 2.68. The first-order valence-electron chi connectivity index (χ1n) is 9.46. The summed E-state index contributed by atoms with van der Waals surface area (Å²) in [4.78, 5) is 27.9. The molecular weight excluding hydrogens is 428 g/mol. The van der Waals surface area contributed by atoms with Crippen LogP contribution < -0.4 is 0 Å². The highest BCUT2D eigenvalue weighted by Gasteiger charge is 2.32. The second-order valence-electron chi connectivity index (χ2n) is 7.15. The molecule has 1 aliphatic heterocycles. The molecule has 2 aromatic carbocycles. The second kappa shape index (κ2) is 8.09. The first kappa shape index (κ1) is 20.4. The smallest absolute Gasteiger partial charge is 0.198 e. The van der Waals surface area contributed by atoms with Crippen molar-refractivity contribution in [1.29, 1.82) is 0 Å². The number of hydrogen-bond acceptors (Lipinski definition) is 5. The third-order valence-corrected chi connectivity index (χ3v) is 8.67. The van der Waals surface area contributed by atoms with Gasteiger partial charge in [0, 0.05) is 21.8 Å². The van der Waals surface area contributed by atoms with Crippen molar-refractivity contribution in [3.63, 3.8) is 0 Å². The van der Waals surface area contributed by atoms with Crippen molar-refractivity contribution in [3.8, 4) is 0 Å². The van der Waals surface area contributed by atoms with Gasteiger partial charge >= 0.3 is 0 Å². The molecule has 0 radical (unpaired) electrons. The second-order valence-corrected chi connectivity index (χ2v) is 10.8. The van der Waals surface area contributed by atoms with Crippen LogP contribution in [0.15, 0.2) is 62.7 Å². The van der Waals surface area contributed by atoms with Gasteiger partial charge in [-0.3, -0.25) is 9.59 Å². The van der Waals surface area contributed by atoms with Crippen LogP contribution in [0, 0.1) is 0 Å². The van der Waals surface area contributed by atoms with Crippen LogP contribution in [0.25, 0.3) is 0 Å². The number of thioether (sulfide) groups is 1. The Bertz CT molecular complexity index is 1130. The molecule has 150 valence electrons. The minimum atomic E-state index is -3.37. The molecule has 0 atom stereocenters. The molecule has 29 heavy (non-hydrogen) atoms. The number of carbonyl (C=O) groups is 2. The molecule has 0 fully saturated rings. The third kappa shape index (κ3) is 3.93. The number of halogens is 1. The number of sulfone groups is 1. The van der Waals surface area contributed by atoms with Gasteiger partial charge in [0.05, 0.1) is 21.2 Å². The van der Waals surface area contributed by atoms with Crippen LogP contribution in [-0.2, 0) is 21.1 Å². The van der Waals surface area contributed by atoms with Gasteiger partial charge in [-0.15, -0.1) is 0 Å². The molecule has 1 heterocycles. The number of benzene rings is 2. The number of hydrogen-bond donors (Lipinski definition) is 0. The van der Waals surface area contributed by atoms with E-state index in [1.807, 2.05) is 30.3 Å². The van der Waals surface area contributed by atoms with E-state index in [-0.39, 0.29) is 32.6 Å². The van der Waals surface area contributed by atoms with Gasteiger partial charge in [-0.05, 0) is 55.5 Å². The lowest BCUT2D eigenvalue weighted by Gasteiger charge is -2.21. The number of carbonyl (C=O) groups excluding carboxylic acids is 2. The largest absolute Gasteiger partial charge is 0.294 e. The Kier molecular flexibility index (Phi) is 5.69.